The van der Waals surface area contributed by atoms with Gasteiger partial charge in [0.2, 0.25) is 0 Å². The van der Waals surface area contributed by atoms with E-state index >= 15 is 0 Å². The molecule has 0 aromatic rings. The molecule has 6 nitrogen and oxygen atoms in total. The van der Waals surface area contributed by atoms with Gasteiger partial charge in [-0.3, -0.25) is 4.79 Å². The van der Waals surface area contributed by atoms with E-state index in [9.17, 15) is 14.4 Å². The molecular formula is C12H18O6. The first-order valence-electron chi connectivity index (χ1n) is 5.58. The van der Waals surface area contributed by atoms with Gasteiger partial charge in [0.05, 0.1) is 20.1 Å². The highest BCUT2D eigenvalue weighted by Crippen LogP contribution is 2.02. The number of unbranched alkanes of at least 4 members (excludes halogenated alkanes) is 1. The van der Waals surface area contributed by atoms with Crippen LogP contribution in [0.2, 0.25) is 0 Å². The maximum Gasteiger partial charge on any atom is 0.344 e. The van der Waals surface area contributed by atoms with E-state index in [2.05, 4.69) is 16.1 Å². The lowest BCUT2D eigenvalue weighted by molar-refractivity contribution is -0.158. The van der Waals surface area contributed by atoms with Crippen LogP contribution in [0.5, 0.6) is 0 Å². The summed E-state index contributed by atoms with van der Waals surface area (Å²) in [5, 5.41) is 0. The summed E-state index contributed by atoms with van der Waals surface area (Å²) in [4.78, 5) is 33.2. The SMILES string of the molecule is C=C(CC(=O)OCC(=O)OCCCC)C(=O)OC. The molecule has 0 aliphatic heterocycles. The molecule has 0 heterocycles. The number of ether oxygens (including phenoxy) is 3. The second-order valence-corrected chi connectivity index (χ2v) is 3.51. The highest BCUT2D eigenvalue weighted by molar-refractivity contribution is 5.93. The lowest BCUT2D eigenvalue weighted by atomic mass is 10.2. The van der Waals surface area contributed by atoms with Gasteiger partial charge in [0.25, 0.3) is 0 Å². The average Bonchev–Trinajstić information content (AvgIpc) is 2.35. The summed E-state index contributed by atoms with van der Waals surface area (Å²) >= 11 is 0. The number of hydrogen-bond acceptors (Lipinski definition) is 6. The van der Waals surface area contributed by atoms with Gasteiger partial charge in [-0.2, -0.15) is 0 Å². The molecule has 18 heavy (non-hydrogen) atoms. The lowest BCUT2D eigenvalue weighted by Crippen LogP contribution is -2.18. The molecule has 0 unspecified atom stereocenters. The van der Waals surface area contributed by atoms with Crippen LogP contribution in [0.4, 0.5) is 0 Å². The van der Waals surface area contributed by atoms with E-state index in [1.165, 1.54) is 7.11 Å². The predicted octanol–water partition coefficient (Wildman–Crippen LogP) is 0.992. The molecule has 0 rings (SSSR count). The Morgan fingerprint density at radius 2 is 1.78 bits per heavy atom. The first-order chi connectivity index (χ1) is 8.51. The zero-order valence-corrected chi connectivity index (χ0v) is 10.7. The van der Waals surface area contributed by atoms with Crippen molar-refractivity contribution in [1.82, 2.24) is 0 Å². The van der Waals surface area contributed by atoms with E-state index in [-0.39, 0.29) is 12.0 Å². The minimum Gasteiger partial charge on any atom is -0.466 e. The van der Waals surface area contributed by atoms with Gasteiger partial charge < -0.3 is 14.2 Å². The van der Waals surface area contributed by atoms with E-state index in [1.54, 1.807) is 0 Å². The van der Waals surface area contributed by atoms with E-state index < -0.39 is 24.5 Å². The Balaban J connectivity index is 3.79. The molecule has 0 radical (unpaired) electrons. The van der Waals surface area contributed by atoms with Crippen molar-refractivity contribution < 1.29 is 28.6 Å². The maximum absolute atomic E-state index is 11.2. The molecule has 0 aromatic carbocycles. The fraction of sp³-hybridized carbons (Fsp3) is 0.583. The lowest BCUT2D eigenvalue weighted by Gasteiger charge is -2.06. The molecule has 0 aliphatic carbocycles. The van der Waals surface area contributed by atoms with Crippen molar-refractivity contribution in [2.24, 2.45) is 0 Å². The summed E-state index contributed by atoms with van der Waals surface area (Å²) in [6.07, 6.45) is 1.36. The Kier molecular flexibility index (Phi) is 8.26. The van der Waals surface area contributed by atoms with E-state index in [4.69, 9.17) is 4.74 Å². The summed E-state index contributed by atoms with van der Waals surface area (Å²) in [7, 11) is 1.18. The molecule has 0 amide bonds. The van der Waals surface area contributed by atoms with Crippen LogP contribution in [-0.4, -0.2) is 38.2 Å². The van der Waals surface area contributed by atoms with Crippen molar-refractivity contribution >= 4 is 17.9 Å². The molecule has 0 spiro atoms. The Labute approximate surface area is 106 Å². The van der Waals surface area contributed by atoms with Crippen molar-refractivity contribution in [2.45, 2.75) is 26.2 Å². The zero-order valence-electron chi connectivity index (χ0n) is 10.7. The van der Waals surface area contributed by atoms with Crippen LogP contribution in [0.25, 0.3) is 0 Å². The van der Waals surface area contributed by atoms with E-state index in [1.807, 2.05) is 6.92 Å². The summed E-state index contributed by atoms with van der Waals surface area (Å²) in [6.45, 7) is 5.17. The van der Waals surface area contributed by atoms with Gasteiger partial charge in [-0.05, 0) is 6.42 Å². The zero-order chi connectivity index (χ0) is 14.0. The molecule has 0 atom stereocenters. The van der Waals surface area contributed by atoms with Gasteiger partial charge in [0, 0.05) is 5.57 Å². The molecular weight excluding hydrogens is 240 g/mol. The summed E-state index contributed by atoms with van der Waals surface area (Å²) in [5.74, 6) is -2.02. The first-order valence-corrected chi connectivity index (χ1v) is 5.58. The molecule has 102 valence electrons. The average molecular weight is 258 g/mol. The number of methoxy groups -OCH3 is 1. The molecule has 0 fully saturated rings. The third kappa shape index (κ3) is 7.43. The van der Waals surface area contributed by atoms with Crippen LogP contribution in [0.1, 0.15) is 26.2 Å². The van der Waals surface area contributed by atoms with Crippen molar-refractivity contribution in [1.29, 1.82) is 0 Å². The molecule has 0 bridgehead atoms. The predicted molar refractivity (Wildman–Crippen MR) is 62.6 cm³/mol. The van der Waals surface area contributed by atoms with Crippen LogP contribution in [0.15, 0.2) is 12.2 Å². The number of carbonyl (C=O) groups is 3. The monoisotopic (exact) mass is 258 g/mol. The Hall–Kier alpha value is -1.85. The van der Waals surface area contributed by atoms with Crippen LogP contribution in [0.3, 0.4) is 0 Å². The Morgan fingerprint density at radius 1 is 1.11 bits per heavy atom. The van der Waals surface area contributed by atoms with Gasteiger partial charge in [0.1, 0.15) is 0 Å². The highest BCUT2D eigenvalue weighted by atomic mass is 16.6. The van der Waals surface area contributed by atoms with Gasteiger partial charge >= 0.3 is 17.9 Å². The quantitative estimate of drug-likeness (QED) is 0.279. The van der Waals surface area contributed by atoms with Crippen molar-refractivity contribution in [3.8, 4) is 0 Å². The fourth-order valence-electron chi connectivity index (χ4n) is 0.953. The van der Waals surface area contributed by atoms with Crippen molar-refractivity contribution in [2.75, 3.05) is 20.3 Å². The van der Waals surface area contributed by atoms with Crippen LogP contribution >= 0.6 is 0 Å². The largest absolute Gasteiger partial charge is 0.466 e. The Morgan fingerprint density at radius 3 is 2.33 bits per heavy atom. The summed E-state index contributed by atoms with van der Waals surface area (Å²) in [5.41, 5.74) is -0.0261. The molecule has 0 saturated carbocycles. The number of rotatable bonds is 8. The molecule has 6 heteroatoms. The minimum atomic E-state index is -0.724. The number of carbonyl (C=O) groups excluding carboxylic acids is 3. The minimum absolute atomic E-state index is 0.0261. The second kappa shape index (κ2) is 9.21. The van der Waals surface area contributed by atoms with Crippen molar-refractivity contribution in [3.63, 3.8) is 0 Å². The fourth-order valence-corrected chi connectivity index (χ4v) is 0.953. The molecule has 0 N–H and O–H groups in total. The van der Waals surface area contributed by atoms with Gasteiger partial charge in [-0.25, -0.2) is 9.59 Å². The normalized spacial score (nSPS) is 9.44. The van der Waals surface area contributed by atoms with E-state index in [0.29, 0.717) is 6.61 Å². The summed E-state index contributed by atoms with van der Waals surface area (Å²) < 4.78 is 13.8. The summed E-state index contributed by atoms with van der Waals surface area (Å²) in [6, 6.07) is 0. The Bertz CT molecular complexity index is 321. The third-order valence-electron chi connectivity index (χ3n) is 1.94. The number of esters is 3. The van der Waals surface area contributed by atoms with Gasteiger partial charge in [-0.15, -0.1) is 0 Å². The third-order valence-corrected chi connectivity index (χ3v) is 1.94. The van der Waals surface area contributed by atoms with Gasteiger partial charge in [-0.1, -0.05) is 19.9 Å². The second-order valence-electron chi connectivity index (χ2n) is 3.51. The van der Waals surface area contributed by atoms with E-state index in [0.717, 1.165) is 12.8 Å². The number of hydrogen-bond donors (Lipinski definition) is 0. The molecule has 0 aliphatic rings. The van der Waals surface area contributed by atoms with Crippen LogP contribution in [0, 0.1) is 0 Å². The highest BCUT2D eigenvalue weighted by Gasteiger charge is 2.14. The first kappa shape index (κ1) is 16.1. The topological polar surface area (TPSA) is 78.9 Å². The van der Waals surface area contributed by atoms with Crippen LogP contribution < -0.4 is 0 Å². The smallest absolute Gasteiger partial charge is 0.344 e. The molecule has 0 saturated heterocycles. The van der Waals surface area contributed by atoms with Crippen LogP contribution in [-0.2, 0) is 28.6 Å². The van der Waals surface area contributed by atoms with Crippen molar-refractivity contribution in [3.05, 3.63) is 12.2 Å². The standard InChI is InChI=1S/C12H18O6/c1-4-5-6-17-11(14)8-18-10(13)7-9(2)12(15)16-3/h2,4-8H2,1,3H3. The van der Waals surface area contributed by atoms with Gasteiger partial charge in [0.15, 0.2) is 6.61 Å². The maximum atomic E-state index is 11.2. The molecule has 0 aromatic heterocycles.